The van der Waals surface area contributed by atoms with Gasteiger partial charge in [0.2, 0.25) is 11.9 Å². The Hall–Kier alpha value is -3.74. The molecule has 4 rings (SSSR count). The molecule has 1 aromatic heterocycles. The molecule has 0 atom stereocenters. The molecular formula is C21H19N5O2. The van der Waals surface area contributed by atoms with E-state index in [0.29, 0.717) is 29.4 Å². The molecule has 0 radical (unpaired) electrons. The van der Waals surface area contributed by atoms with Gasteiger partial charge in [-0.05, 0) is 36.8 Å². The lowest BCUT2D eigenvalue weighted by atomic mass is 9.98. The molecule has 1 aliphatic heterocycles. The molecule has 0 fully saturated rings. The predicted octanol–water partition coefficient (Wildman–Crippen LogP) is 3.40. The normalized spacial score (nSPS) is 12.3. The van der Waals surface area contributed by atoms with Crippen LogP contribution >= 0.6 is 0 Å². The van der Waals surface area contributed by atoms with Crippen LogP contribution < -0.4 is 16.0 Å². The highest BCUT2D eigenvalue weighted by Gasteiger charge is 2.26. The Kier molecular flexibility index (Phi) is 4.49. The summed E-state index contributed by atoms with van der Waals surface area (Å²) in [5.41, 5.74) is 5.41. The minimum atomic E-state index is -0.221. The van der Waals surface area contributed by atoms with Gasteiger partial charge in [0.15, 0.2) is 0 Å². The molecule has 0 bridgehead atoms. The molecule has 0 spiro atoms. The second-order valence-electron chi connectivity index (χ2n) is 6.63. The van der Waals surface area contributed by atoms with Crippen molar-refractivity contribution in [1.82, 2.24) is 15.3 Å². The van der Waals surface area contributed by atoms with Gasteiger partial charge < -0.3 is 16.0 Å². The van der Waals surface area contributed by atoms with Crippen molar-refractivity contribution in [3.63, 3.8) is 0 Å². The van der Waals surface area contributed by atoms with Crippen LogP contribution in [0.15, 0.2) is 48.7 Å². The van der Waals surface area contributed by atoms with E-state index >= 15 is 0 Å². The molecule has 3 aromatic rings. The zero-order valence-electron chi connectivity index (χ0n) is 15.5. The highest BCUT2D eigenvalue weighted by molar-refractivity contribution is 6.08. The molecule has 2 heterocycles. The van der Waals surface area contributed by atoms with Gasteiger partial charge in [0.05, 0.1) is 16.9 Å². The maximum atomic E-state index is 12.3. The smallest absolute Gasteiger partial charge is 0.254 e. The number of rotatable bonds is 4. The van der Waals surface area contributed by atoms with Gasteiger partial charge in [-0.1, -0.05) is 23.8 Å². The zero-order valence-corrected chi connectivity index (χ0v) is 15.5. The molecule has 0 saturated heterocycles. The maximum absolute atomic E-state index is 12.3. The number of hydrogen-bond donors (Lipinski definition) is 3. The van der Waals surface area contributed by atoms with Gasteiger partial charge in [0.25, 0.3) is 5.91 Å². The van der Waals surface area contributed by atoms with Crippen LogP contribution in [0.25, 0.3) is 11.3 Å². The summed E-state index contributed by atoms with van der Waals surface area (Å²) in [5.74, 6) is 0.0484. The summed E-state index contributed by atoms with van der Waals surface area (Å²) < 4.78 is 0. The second-order valence-corrected chi connectivity index (χ2v) is 6.63. The third kappa shape index (κ3) is 3.42. The molecule has 3 N–H and O–H groups in total. The molecule has 28 heavy (non-hydrogen) atoms. The number of aryl methyl sites for hydroxylation is 1. The lowest BCUT2D eigenvalue weighted by molar-refractivity contribution is -0.114. The average Bonchev–Trinajstić information content (AvgIpc) is 3.06. The van der Waals surface area contributed by atoms with E-state index in [0.717, 1.165) is 16.8 Å². The summed E-state index contributed by atoms with van der Waals surface area (Å²) in [6.07, 6.45) is 1.68. The van der Waals surface area contributed by atoms with Crippen LogP contribution in [0.4, 0.5) is 17.3 Å². The van der Waals surface area contributed by atoms with E-state index in [-0.39, 0.29) is 11.8 Å². The molecule has 2 amide bonds. The zero-order chi connectivity index (χ0) is 19.7. The van der Waals surface area contributed by atoms with E-state index in [1.807, 2.05) is 37.3 Å². The fraction of sp³-hybridized carbons (Fsp3) is 0.143. The number of carbonyl (C=O) groups is 2. The number of nitrogens with zero attached hydrogens (tertiary/aromatic N) is 2. The molecule has 0 saturated carbocycles. The van der Waals surface area contributed by atoms with Crippen LogP contribution in [-0.4, -0.2) is 21.8 Å². The lowest BCUT2D eigenvalue weighted by Crippen LogP contribution is -2.15. The number of anilines is 3. The number of nitrogens with one attached hydrogen (secondary N) is 3. The Balaban J connectivity index is 1.71. The van der Waals surface area contributed by atoms with Crippen molar-refractivity contribution < 1.29 is 9.59 Å². The summed E-state index contributed by atoms with van der Waals surface area (Å²) in [6, 6.07) is 13.4. The van der Waals surface area contributed by atoms with Gasteiger partial charge in [-0.3, -0.25) is 9.59 Å². The number of aromatic nitrogens is 2. The highest BCUT2D eigenvalue weighted by Crippen LogP contribution is 2.33. The van der Waals surface area contributed by atoms with Crippen LogP contribution in [0.5, 0.6) is 0 Å². The van der Waals surface area contributed by atoms with Crippen LogP contribution in [0, 0.1) is 6.92 Å². The van der Waals surface area contributed by atoms with E-state index in [2.05, 4.69) is 25.9 Å². The standard InChI is InChI=1S/C21H19N5O2/c1-12-3-5-14(6-4-12)25-21-22-10-9-17(26-21)15-7-8-18(24-13(2)27)19-16(15)11-23-20(19)28/h3-10H,11H2,1-2H3,(H,23,28)(H,24,27)(H,22,25,26). The van der Waals surface area contributed by atoms with E-state index in [1.54, 1.807) is 18.3 Å². The van der Waals surface area contributed by atoms with Gasteiger partial charge in [-0.15, -0.1) is 0 Å². The van der Waals surface area contributed by atoms with Crippen molar-refractivity contribution >= 4 is 29.1 Å². The number of hydrogen-bond acceptors (Lipinski definition) is 5. The monoisotopic (exact) mass is 373 g/mol. The van der Waals surface area contributed by atoms with Crippen molar-refractivity contribution in [2.75, 3.05) is 10.6 Å². The van der Waals surface area contributed by atoms with Gasteiger partial charge >= 0.3 is 0 Å². The molecule has 0 aliphatic carbocycles. The SMILES string of the molecule is CC(=O)Nc1ccc(-c2ccnc(Nc3ccc(C)cc3)n2)c2c1C(=O)NC2. The van der Waals surface area contributed by atoms with Crippen molar-refractivity contribution in [1.29, 1.82) is 0 Å². The fourth-order valence-electron chi connectivity index (χ4n) is 3.22. The summed E-state index contributed by atoms with van der Waals surface area (Å²) in [6.45, 7) is 3.84. The van der Waals surface area contributed by atoms with Crippen molar-refractivity contribution in [3.8, 4) is 11.3 Å². The molecule has 0 unspecified atom stereocenters. The van der Waals surface area contributed by atoms with Crippen molar-refractivity contribution in [2.45, 2.75) is 20.4 Å². The third-order valence-corrected chi connectivity index (χ3v) is 4.52. The van der Waals surface area contributed by atoms with Gasteiger partial charge in [-0.25, -0.2) is 9.97 Å². The minimum Gasteiger partial charge on any atom is -0.348 e. The minimum absolute atomic E-state index is 0.201. The van der Waals surface area contributed by atoms with E-state index in [1.165, 1.54) is 12.5 Å². The summed E-state index contributed by atoms with van der Waals surface area (Å²) >= 11 is 0. The Morgan fingerprint density at radius 3 is 2.64 bits per heavy atom. The first kappa shape index (κ1) is 17.7. The first-order chi connectivity index (χ1) is 13.5. The number of fused-ring (bicyclic) bond motifs is 1. The lowest BCUT2D eigenvalue weighted by Gasteiger charge is -2.12. The first-order valence-electron chi connectivity index (χ1n) is 8.90. The summed E-state index contributed by atoms with van der Waals surface area (Å²) in [7, 11) is 0. The molecule has 2 aromatic carbocycles. The van der Waals surface area contributed by atoms with Gasteiger partial charge in [-0.2, -0.15) is 0 Å². The summed E-state index contributed by atoms with van der Waals surface area (Å²) in [4.78, 5) is 32.6. The average molecular weight is 373 g/mol. The highest BCUT2D eigenvalue weighted by atomic mass is 16.2. The Labute approximate surface area is 162 Å². The second kappa shape index (κ2) is 7.11. The van der Waals surface area contributed by atoms with Crippen molar-refractivity contribution in [2.24, 2.45) is 0 Å². The molecule has 7 nitrogen and oxygen atoms in total. The van der Waals surface area contributed by atoms with E-state index in [4.69, 9.17) is 0 Å². The van der Waals surface area contributed by atoms with Crippen LogP contribution in [0.3, 0.4) is 0 Å². The Bertz CT molecular complexity index is 1080. The quantitative estimate of drug-likeness (QED) is 0.651. The largest absolute Gasteiger partial charge is 0.348 e. The number of benzene rings is 2. The number of amides is 2. The Morgan fingerprint density at radius 2 is 1.89 bits per heavy atom. The van der Waals surface area contributed by atoms with Gasteiger partial charge in [0.1, 0.15) is 0 Å². The maximum Gasteiger partial charge on any atom is 0.254 e. The fourth-order valence-corrected chi connectivity index (χ4v) is 3.22. The van der Waals surface area contributed by atoms with Gasteiger partial charge in [0, 0.05) is 30.9 Å². The van der Waals surface area contributed by atoms with Crippen LogP contribution in [-0.2, 0) is 11.3 Å². The summed E-state index contributed by atoms with van der Waals surface area (Å²) in [5, 5.41) is 8.73. The predicted molar refractivity (Wildman–Crippen MR) is 107 cm³/mol. The molecule has 1 aliphatic rings. The van der Waals surface area contributed by atoms with E-state index in [9.17, 15) is 9.59 Å². The molecular weight excluding hydrogens is 354 g/mol. The topological polar surface area (TPSA) is 96.0 Å². The molecule has 140 valence electrons. The van der Waals surface area contributed by atoms with E-state index < -0.39 is 0 Å². The van der Waals surface area contributed by atoms with Crippen LogP contribution in [0.1, 0.15) is 28.4 Å². The number of carbonyl (C=O) groups excluding carboxylic acids is 2. The van der Waals surface area contributed by atoms with Crippen molar-refractivity contribution in [3.05, 3.63) is 65.4 Å². The molecule has 7 heteroatoms. The first-order valence-corrected chi connectivity index (χ1v) is 8.90. The Morgan fingerprint density at radius 1 is 1.11 bits per heavy atom. The van der Waals surface area contributed by atoms with Crippen LogP contribution in [0.2, 0.25) is 0 Å². The third-order valence-electron chi connectivity index (χ3n) is 4.52.